The van der Waals surface area contributed by atoms with Crippen LogP contribution in [0.5, 0.6) is 0 Å². The van der Waals surface area contributed by atoms with Gasteiger partial charge in [-0.2, -0.15) is 0 Å². The average molecular weight is 250 g/mol. The maximum Gasteiger partial charge on any atom is 0.0685 e. The van der Waals surface area contributed by atoms with Gasteiger partial charge in [-0.3, -0.25) is 5.41 Å². The minimum Gasteiger partial charge on any atom is -0.300 e. The van der Waals surface area contributed by atoms with Crippen LogP contribution >= 0.6 is 23.2 Å². The Morgan fingerprint density at radius 2 is 1.50 bits per heavy atom. The zero-order valence-electron chi connectivity index (χ0n) is 8.37. The normalized spacial score (nSPS) is 10.1. The molecule has 0 aliphatic carbocycles. The van der Waals surface area contributed by atoms with Crippen LogP contribution < -0.4 is 0 Å². The first-order valence-corrected chi connectivity index (χ1v) is 5.53. The summed E-state index contributed by atoms with van der Waals surface area (Å²) in [6.07, 6.45) is 0. The van der Waals surface area contributed by atoms with Crippen molar-refractivity contribution in [1.29, 1.82) is 5.41 Å². The van der Waals surface area contributed by atoms with E-state index < -0.39 is 0 Å². The van der Waals surface area contributed by atoms with Crippen LogP contribution in [0.1, 0.15) is 11.1 Å². The molecule has 0 heterocycles. The number of nitrogens with one attached hydrogen (secondary N) is 1. The van der Waals surface area contributed by atoms with Crippen molar-refractivity contribution < 1.29 is 0 Å². The first-order valence-electron chi connectivity index (χ1n) is 4.78. The highest BCUT2D eigenvalue weighted by atomic mass is 35.5. The molecule has 16 heavy (non-hydrogen) atoms. The molecule has 0 fully saturated rings. The van der Waals surface area contributed by atoms with Gasteiger partial charge in [0.15, 0.2) is 0 Å². The lowest BCUT2D eigenvalue weighted by Gasteiger charge is -2.05. The summed E-state index contributed by atoms with van der Waals surface area (Å²) in [5, 5.41) is 9.01. The van der Waals surface area contributed by atoms with Gasteiger partial charge in [0.05, 0.1) is 15.8 Å². The zero-order valence-corrected chi connectivity index (χ0v) is 9.89. The summed E-state index contributed by atoms with van der Waals surface area (Å²) >= 11 is 11.7. The van der Waals surface area contributed by atoms with Crippen molar-refractivity contribution in [1.82, 2.24) is 0 Å². The van der Waals surface area contributed by atoms with E-state index in [1.165, 1.54) is 0 Å². The average Bonchev–Trinajstić information content (AvgIpc) is 2.33. The quantitative estimate of drug-likeness (QED) is 0.763. The Morgan fingerprint density at radius 1 is 0.812 bits per heavy atom. The summed E-state index contributed by atoms with van der Waals surface area (Å²) in [6.45, 7) is 0. The van der Waals surface area contributed by atoms with Crippen LogP contribution in [0.4, 0.5) is 0 Å². The zero-order chi connectivity index (χ0) is 11.5. The van der Waals surface area contributed by atoms with Crippen molar-refractivity contribution in [2.45, 2.75) is 0 Å². The Bertz CT molecular complexity index is 521. The lowest BCUT2D eigenvalue weighted by molar-refractivity contribution is 1.46. The number of hydrogen-bond acceptors (Lipinski definition) is 1. The van der Waals surface area contributed by atoms with Gasteiger partial charge >= 0.3 is 0 Å². The molecule has 0 aliphatic rings. The molecule has 1 N–H and O–H groups in total. The van der Waals surface area contributed by atoms with E-state index in [9.17, 15) is 0 Å². The maximum absolute atomic E-state index is 8.04. The van der Waals surface area contributed by atoms with Crippen LogP contribution in [0.25, 0.3) is 0 Å². The summed E-state index contributed by atoms with van der Waals surface area (Å²) in [6, 6.07) is 14.7. The molecule has 0 unspecified atom stereocenters. The van der Waals surface area contributed by atoms with Crippen molar-refractivity contribution in [3.05, 3.63) is 69.7 Å². The highest BCUT2D eigenvalue weighted by Crippen LogP contribution is 2.23. The molecule has 2 rings (SSSR count). The van der Waals surface area contributed by atoms with Crippen LogP contribution in [0.3, 0.4) is 0 Å². The van der Waals surface area contributed by atoms with Crippen molar-refractivity contribution >= 4 is 28.9 Å². The van der Waals surface area contributed by atoms with E-state index >= 15 is 0 Å². The molecule has 0 saturated carbocycles. The highest BCUT2D eigenvalue weighted by Gasteiger charge is 2.06. The standard InChI is InChI=1S/C13H9Cl2N/c14-11-7-6-10(8-12(11)15)13(16)9-4-2-1-3-5-9/h1-8,16H. The van der Waals surface area contributed by atoms with Crippen LogP contribution in [0.2, 0.25) is 10.0 Å². The second kappa shape index (κ2) is 4.69. The highest BCUT2D eigenvalue weighted by molar-refractivity contribution is 6.42. The smallest absolute Gasteiger partial charge is 0.0685 e. The van der Waals surface area contributed by atoms with E-state index in [4.69, 9.17) is 28.6 Å². The molecular formula is C13H9Cl2N. The molecule has 0 radical (unpaired) electrons. The Balaban J connectivity index is 2.39. The molecule has 80 valence electrons. The lowest BCUT2D eigenvalue weighted by atomic mass is 10.0. The Hall–Kier alpha value is -1.31. The van der Waals surface area contributed by atoms with E-state index in [1.807, 2.05) is 30.3 Å². The molecule has 0 aromatic heterocycles. The van der Waals surface area contributed by atoms with E-state index in [2.05, 4.69) is 0 Å². The van der Waals surface area contributed by atoms with Crippen LogP contribution in [0, 0.1) is 5.41 Å². The topological polar surface area (TPSA) is 23.9 Å². The minimum atomic E-state index is 0.444. The fourth-order valence-electron chi connectivity index (χ4n) is 1.42. The van der Waals surface area contributed by atoms with E-state index in [-0.39, 0.29) is 0 Å². The molecule has 0 spiro atoms. The number of hydrogen-bond donors (Lipinski definition) is 1. The molecule has 0 atom stereocenters. The number of benzene rings is 2. The van der Waals surface area contributed by atoms with Crippen molar-refractivity contribution in [3.63, 3.8) is 0 Å². The van der Waals surface area contributed by atoms with Crippen molar-refractivity contribution in [2.24, 2.45) is 0 Å². The predicted molar refractivity (Wildman–Crippen MR) is 68.8 cm³/mol. The molecule has 0 saturated heterocycles. The van der Waals surface area contributed by atoms with Crippen molar-refractivity contribution in [2.75, 3.05) is 0 Å². The third kappa shape index (κ3) is 2.26. The second-order valence-electron chi connectivity index (χ2n) is 3.37. The van der Waals surface area contributed by atoms with E-state index in [1.54, 1.807) is 18.2 Å². The van der Waals surface area contributed by atoms with Gasteiger partial charge in [0, 0.05) is 5.56 Å². The van der Waals surface area contributed by atoms with Gasteiger partial charge in [-0.25, -0.2) is 0 Å². The SMILES string of the molecule is N=C(c1ccccc1)c1ccc(Cl)c(Cl)c1. The molecule has 2 aromatic rings. The molecule has 0 aliphatic heterocycles. The van der Waals surface area contributed by atoms with Gasteiger partial charge in [-0.1, -0.05) is 59.6 Å². The van der Waals surface area contributed by atoms with Gasteiger partial charge in [0.25, 0.3) is 0 Å². The van der Waals surface area contributed by atoms with E-state index in [0.29, 0.717) is 15.8 Å². The van der Waals surface area contributed by atoms with Gasteiger partial charge in [0.2, 0.25) is 0 Å². The Morgan fingerprint density at radius 3 is 2.12 bits per heavy atom. The van der Waals surface area contributed by atoms with Crippen LogP contribution in [-0.4, -0.2) is 5.71 Å². The van der Waals surface area contributed by atoms with Crippen molar-refractivity contribution in [3.8, 4) is 0 Å². The lowest BCUT2D eigenvalue weighted by Crippen LogP contribution is -2.00. The molecule has 0 amide bonds. The molecular weight excluding hydrogens is 241 g/mol. The summed E-state index contributed by atoms with van der Waals surface area (Å²) in [5.41, 5.74) is 2.07. The number of rotatable bonds is 2. The summed E-state index contributed by atoms with van der Waals surface area (Å²) < 4.78 is 0. The van der Waals surface area contributed by atoms with Gasteiger partial charge < -0.3 is 0 Å². The van der Waals surface area contributed by atoms with Crippen LogP contribution in [-0.2, 0) is 0 Å². The van der Waals surface area contributed by atoms with Gasteiger partial charge in [-0.05, 0) is 17.7 Å². The fraction of sp³-hybridized carbons (Fsp3) is 0. The fourth-order valence-corrected chi connectivity index (χ4v) is 1.72. The monoisotopic (exact) mass is 249 g/mol. The molecule has 1 nitrogen and oxygen atoms in total. The Kier molecular flexibility index (Phi) is 3.28. The predicted octanol–water partition coefficient (Wildman–Crippen LogP) is 4.41. The summed E-state index contributed by atoms with van der Waals surface area (Å²) in [4.78, 5) is 0. The first kappa shape index (κ1) is 11.2. The second-order valence-corrected chi connectivity index (χ2v) is 4.18. The molecule has 2 aromatic carbocycles. The summed E-state index contributed by atoms with van der Waals surface area (Å²) in [7, 11) is 0. The Labute approximate surface area is 104 Å². The van der Waals surface area contributed by atoms with Crippen LogP contribution in [0.15, 0.2) is 48.5 Å². The minimum absolute atomic E-state index is 0.444. The molecule has 0 bridgehead atoms. The molecule has 3 heteroatoms. The number of halogens is 2. The first-order chi connectivity index (χ1) is 7.68. The third-order valence-corrected chi connectivity index (χ3v) is 3.01. The largest absolute Gasteiger partial charge is 0.300 e. The van der Waals surface area contributed by atoms with Gasteiger partial charge in [-0.15, -0.1) is 0 Å². The van der Waals surface area contributed by atoms with Gasteiger partial charge in [0.1, 0.15) is 0 Å². The summed E-state index contributed by atoms with van der Waals surface area (Å²) in [5.74, 6) is 0. The maximum atomic E-state index is 8.04. The van der Waals surface area contributed by atoms with E-state index in [0.717, 1.165) is 11.1 Å². The third-order valence-electron chi connectivity index (χ3n) is 2.27.